The highest BCUT2D eigenvalue weighted by molar-refractivity contribution is 6.30. The zero-order valence-corrected chi connectivity index (χ0v) is 11.6. The van der Waals surface area contributed by atoms with Crippen molar-refractivity contribution in [2.45, 2.75) is 6.61 Å². The first-order valence-electron chi connectivity index (χ1n) is 5.89. The molecule has 0 aromatic heterocycles. The molecule has 2 aromatic carbocycles. The molecule has 0 saturated heterocycles. The van der Waals surface area contributed by atoms with Crippen molar-refractivity contribution in [3.63, 3.8) is 0 Å². The van der Waals surface area contributed by atoms with Crippen molar-refractivity contribution in [1.29, 1.82) is 0 Å². The lowest BCUT2D eigenvalue weighted by Crippen LogP contribution is -2.05. The summed E-state index contributed by atoms with van der Waals surface area (Å²) in [6, 6.07) is 11.9. The molecule has 0 fully saturated rings. The van der Waals surface area contributed by atoms with E-state index in [0.29, 0.717) is 10.8 Å². The zero-order valence-electron chi connectivity index (χ0n) is 10.8. The fourth-order valence-corrected chi connectivity index (χ4v) is 1.86. The lowest BCUT2D eigenvalue weighted by atomic mass is 10.2. The molecule has 0 spiro atoms. The van der Waals surface area contributed by atoms with E-state index in [9.17, 15) is 4.79 Å². The smallest absolute Gasteiger partial charge is 0.339 e. The van der Waals surface area contributed by atoms with E-state index in [0.717, 1.165) is 5.56 Å². The SMILES string of the molecule is COc1cccc(C(=O)O)c1OCc1ccc(Cl)cc1. The molecular weight excluding hydrogens is 280 g/mol. The largest absolute Gasteiger partial charge is 0.493 e. The molecule has 0 aliphatic rings. The zero-order chi connectivity index (χ0) is 14.5. The van der Waals surface area contributed by atoms with Gasteiger partial charge in [0, 0.05) is 5.02 Å². The summed E-state index contributed by atoms with van der Waals surface area (Å²) in [6.45, 7) is 0.234. The van der Waals surface area contributed by atoms with Gasteiger partial charge in [0.25, 0.3) is 0 Å². The number of ether oxygens (including phenoxy) is 2. The van der Waals surface area contributed by atoms with Gasteiger partial charge in [-0.05, 0) is 29.8 Å². The number of halogens is 1. The van der Waals surface area contributed by atoms with Gasteiger partial charge in [-0.25, -0.2) is 4.79 Å². The molecule has 2 aromatic rings. The average molecular weight is 293 g/mol. The minimum atomic E-state index is -1.06. The molecule has 0 amide bonds. The van der Waals surface area contributed by atoms with Crippen LogP contribution >= 0.6 is 11.6 Å². The Balaban J connectivity index is 2.23. The Hall–Kier alpha value is -2.20. The van der Waals surface area contributed by atoms with Gasteiger partial charge < -0.3 is 14.6 Å². The number of benzene rings is 2. The summed E-state index contributed by atoms with van der Waals surface area (Å²) in [7, 11) is 1.47. The molecule has 2 rings (SSSR count). The predicted octanol–water partition coefficient (Wildman–Crippen LogP) is 3.63. The molecule has 0 heterocycles. The standard InChI is InChI=1S/C15H13ClO4/c1-19-13-4-2-3-12(15(17)18)14(13)20-9-10-5-7-11(16)8-6-10/h2-8H,9H2,1H3,(H,17,18). The van der Waals surface area contributed by atoms with E-state index in [2.05, 4.69) is 0 Å². The molecule has 0 saturated carbocycles. The van der Waals surface area contributed by atoms with Gasteiger partial charge in [-0.15, -0.1) is 0 Å². The van der Waals surface area contributed by atoms with Gasteiger partial charge >= 0.3 is 5.97 Å². The molecule has 4 nitrogen and oxygen atoms in total. The first-order chi connectivity index (χ1) is 9.61. The minimum absolute atomic E-state index is 0.0679. The van der Waals surface area contributed by atoms with Crippen molar-refractivity contribution in [2.75, 3.05) is 7.11 Å². The molecule has 0 atom stereocenters. The second kappa shape index (κ2) is 6.30. The molecule has 0 bridgehead atoms. The summed E-state index contributed by atoms with van der Waals surface area (Å²) in [5.74, 6) is -0.452. The van der Waals surface area contributed by atoms with Gasteiger partial charge in [0.2, 0.25) is 0 Å². The minimum Gasteiger partial charge on any atom is -0.493 e. The van der Waals surface area contributed by atoms with Gasteiger partial charge in [0.05, 0.1) is 7.11 Å². The fraction of sp³-hybridized carbons (Fsp3) is 0.133. The van der Waals surface area contributed by atoms with Gasteiger partial charge in [-0.2, -0.15) is 0 Å². The summed E-state index contributed by atoms with van der Waals surface area (Å²) < 4.78 is 10.7. The fourth-order valence-electron chi connectivity index (χ4n) is 1.73. The highest BCUT2D eigenvalue weighted by atomic mass is 35.5. The maximum absolute atomic E-state index is 11.2. The van der Waals surface area contributed by atoms with Crippen LogP contribution in [0.15, 0.2) is 42.5 Å². The van der Waals surface area contributed by atoms with Crippen LogP contribution in [0.3, 0.4) is 0 Å². The maximum atomic E-state index is 11.2. The highest BCUT2D eigenvalue weighted by Crippen LogP contribution is 2.31. The number of aromatic carboxylic acids is 1. The lowest BCUT2D eigenvalue weighted by Gasteiger charge is -2.13. The molecule has 0 unspecified atom stereocenters. The summed E-state index contributed by atoms with van der Waals surface area (Å²) in [5.41, 5.74) is 0.954. The number of hydrogen-bond acceptors (Lipinski definition) is 3. The third-order valence-electron chi connectivity index (χ3n) is 2.73. The lowest BCUT2D eigenvalue weighted by molar-refractivity contribution is 0.0691. The molecule has 5 heteroatoms. The topological polar surface area (TPSA) is 55.8 Å². The van der Waals surface area contributed by atoms with E-state index >= 15 is 0 Å². The number of methoxy groups -OCH3 is 1. The van der Waals surface area contributed by atoms with Crippen LogP contribution in [0, 0.1) is 0 Å². The summed E-state index contributed by atoms with van der Waals surface area (Å²) in [5, 5.41) is 9.80. The third kappa shape index (κ3) is 3.22. The summed E-state index contributed by atoms with van der Waals surface area (Å²) >= 11 is 5.80. The molecular formula is C15H13ClO4. The average Bonchev–Trinajstić information content (AvgIpc) is 2.46. The van der Waals surface area contributed by atoms with Crippen LogP contribution in [0.2, 0.25) is 5.02 Å². The summed E-state index contributed by atoms with van der Waals surface area (Å²) in [6.07, 6.45) is 0. The maximum Gasteiger partial charge on any atom is 0.339 e. The summed E-state index contributed by atoms with van der Waals surface area (Å²) in [4.78, 5) is 11.2. The predicted molar refractivity (Wildman–Crippen MR) is 75.7 cm³/mol. The highest BCUT2D eigenvalue weighted by Gasteiger charge is 2.16. The monoisotopic (exact) mass is 292 g/mol. The second-order valence-corrected chi connectivity index (χ2v) is 4.49. The van der Waals surface area contributed by atoms with Crippen molar-refractivity contribution in [3.05, 3.63) is 58.6 Å². The van der Waals surface area contributed by atoms with Gasteiger partial charge in [-0.1, -0.05) is 29.8 Å². The van der Waals surface area contributed by atoms with Crippen LogP contribution in [0.1, 0.15) is 15.9 Å². The quantitative estimate of drug-likeness (QED) is 0.914. The first kappa shape index (κ1) is 14.2. The van der Waals surface area contributed by atoms with Crippen LogP contribution in [-0.2, 0) is 6.61 Å². The Bertz CT molecular complexity index is 608. The van der Waals surface area contributed by atoms with E-state index in [-0.39, 0.29) is 17.9 Å². The van der Waals surface area contributed by atoms with E-state index in [1.54, 1.807) is 24.3 Å². The van der Waals surface area contributed by atoms with Crippen LogP contribution in [0.5, 0.6) is 11.5 Å². The van der Waals surface area contributed by atoms with Crippen LogP contribution in [-0.4, -0.2) is 18.2 Å². The van der Waals surface area contributed by atoms with Crippen molar-refractivity contribution >= 4 is 17.6 Å². The van der Waals surface area contributed by atoms with Crippen LogP contribution in [0.4, 0.5) is 0 Å². The van der Waals surface area contributed by atoms with Gasteiger partial charge in [0.15, 0.2) is 11.5 Å². The normalized spacial score (nSPS) is 10.1. The van der Waals surface area contributed by atoms with Gasteiger partial charge in [0.1, 0.15) is 12.2 Å². The molecule has 0 radical (unpaired) electrons. The molecule has 20 heavy (non-hydrogen) atoms. The molecule has 104 valence electrons. The Labute approximate surface area is 121 Å². The number of hydrogen-bond donors (Lipinski definition) is 1. The Kier molecular flexibility index (Phi) is 4.48. The van der Waals surface area contributed by atoms with E-state index in [4.69, 9.17) is 26.2 Å². The van der Waals surface area contributed by atoms with Crippen molar-refractivity contribution in [3.8, 4) is 11.5 Å². The van der Waals surface area contributed by atoms with Crippen molar-refractivity contribution in [2.24, 2.45) is 0 Å². The van der Waals surface area contributed by atoms with Gasteiger partial charge in [-0.3, -0.25) is 0 Å². The molecule has 0 aliphatic carbocycles. The number of carboxylic acids is 1. The van der Waals surface area contributed by atoms with Crippen molar-refractivity contribution in [1.82, 2.24) is 0 Å². The van der Waals surface area contributed by atoms with E-state index in [1.165, 1.54) is 13.2 Å². The Morgan fingerprint density at radius 3 is 2.50 bits per heavy atom. The van der Waals surface area contributed by atoms with Crippen LogP contribution in [0.25, 0.3) is 0 Å². The number of para-hydroxylation sites is 1. The third-order valence-corrected chi connectivity index (χ3v) is 2.98. The van der Waals surface area contributed by atoms with Crippen molar-refractivity contribution < 1.29 is 19.4 Å². The number of rotatable bonds is 5. The van der Waals surface area contributed by atoms with E-state index < -0.39 is 5.97 Å². The number of carboxylic acid groups (broad SMARTS) is 1. The Morgan fingerprint density at radius 1 is 1.20 bits per heavy atom. The number of carbonyl (C=O) groups is 1. The first-order valence-corrected chi connectivity index (χ1v) is 6.27. The second-order valence-electron chi connectivity index (χ2n) is 4.06. The molecule has 1 N–H and O–H groups in total. The molecule has 0 aliphatic heterocycles. The van der Waals surface area contributed by atoms with E-state index in [1.807, 2.05) is 12.1 Å². The van der Waals surface area contributed by atoms with Crippen LogP contribution < -0.4 is 9.47 Å². The Morgan fingerprint density at radius 2 is 1.90 bits per heavy atom.